The van der Waals surface area contributed by atoms with E-state index < -0.39 is 23.7 Å². The molecule has 1 aromatic rings. The predicted octanol–water partition coefficient (Wildman–Crippen LogP) is 1.84. The van der Waals surface area contributed by atoms with Crippen LogP contribution < -0.4 is 5.46 Å². The Hall–Kier alpha value is -0.935. The van der Waals surface area contributed by atoms with Crippen molar-refractivity contribution in [1.29, 1.82) is 0 Å². The van der Waals surface area contributed by atoms with E-state index in [-0.39, 0.29) is 7.48 Å². The summed E-state index contributed by atoms with van der Waals surface area (Å²) in [7, 11) is 0.0371. The smallest absolute Gasteiger partial charge is 0.312 e. The molecular weight excluding hydrogens is 237 g/mol. The van der Waals surface area contributed by atoms with Gasteiger partial charge in [-0.3, -0.25) is 0 Å². The molecule has 2 nitrogen and oxygen atoms in total. The van der Waals surface area contributed by atoms with Crippen LogP contribution >= 0.6 is 0 Å². The average Bonchev–Trinajstić information content (AvgIpc) is 2.25. The molecule has 18 heavy (non-hydrogen) atoms. The summed E-state index contributed by atoms with van der Waals surface area (Å²) >= 11 is 0. The van der Waals surface area contributed by atoms with E-state index in [1.165, 1.54) is 12.1 Å². The second kappa shape index (κ2) is 5.37. The monoisotopic (exact) mass is 256 g/mol. The Morgan fingerprint density at radius 2 is 1.89 bits per heavy atom. The third-order valence-corrected chi connectivity index (χ3v) is 3.33. The van der Waals surface area contributed by atoms with Crippen LogP contribution in [-0.2, 0) is 11.3 Å². The van der Waals surface area contributed by atoms with Crippen LogP contribution in [-0.4, -0.2) is 23.8 Å². The molecule has 5 heteroatoms. The van der Waals surface area contributed by atoms with Crippen LogP contribution in [0, 0.1) is 5.82 Å². The Morgan fingerprint density at radius 1 is 1.28 bits per heavy atom. The van der Waals surface area contributed by atoms with Crippen LogP contribution in [0.1, 0.15) is 33.3 Å². The summed E-state index contributed by atoms with van der Waals surface area (Å²) in [6, 6.07) is 4.19. The van der Waals surface area contributed by atoms with Gasteiger partial charge < -0.3 is 9.76 Å². The maximum Gasteiger partial charge on any atom is 0.312 e. The van der Waals surface area contributed by atoms with Crippen molar-refractivity contribution in [3.05, 3.63) is 29.6 Å². The first kappa shape index (κ1) is 15.1. The summed E-state index contributed by atoms with van der Waals surface area (Å²) in [5.41, 5.74) is -1.19. The first-order valence-electron chi connectivity index (χ1n) is 5.87. The Labute approximate surface area is 107 Å². The highest BCUT2D eigenvalue weighted by molar-refractivity contribution is 6.47. The van der Waals surface area contributed by atoms with Gasteiger partial charge in [-0.1, -0.05) is 12.1 Å². The van der Waals surface area contributed by atoms with Crippen LogP contribution in [0.25, 0.3) is 0 Å². The number of rotatable bonds is 5. The van der Waals surface area contributed by atoms with Gasteiger partial charge in [-0.25, -0.2) is 8.78 Å². The fraction of sp³-hybridized carbons (Fsp3) is 0.538. The van der Waals surface area contributed by atoms with Gasteiger partial charge in [0, 0.05) is 0 Å². The van der Waals surface area contributed by atoms with Crippen LogP contribution in [0.5, 0.6) is 0 Å². The third kappa shape index (κ3) is 3.53. The molecule has 0 aliphatic rings. The number of hydrogen-bond donors (Lipinski definition) is 1. The van der Waals surface area contributed by atoms with E-state index in [1.807, 2.05) is 0 Å². The van der Waals surface area contributed by atoms with E-state index in [1.54, 1.807) is 27.7 Å². The van der Waals surface area contributed by atoms with E-state index in [9.17, 15) is 13.9 Å². The predicted molar refractivity (Wildman–Crippen MR) is 69.5 cm³/mol. The largest absolute Gasteiger partial charge is 0.427 e. The van der Waals surface area contributed by atoms with E-state index in [0.29, 0.717) is 11.0 Å². The van der Waals surface area contributed by atoms with E-state index in [2.05, 4.69) is 0 Å². The van der Waals surface area contributed by atoms with Gasteiger partial charge >= 0.3 is 7.48 Å². The lowest BCUT2D eigenvalue weighted by atomic mass is 9.82. The van der Waals surface area contributed by atoms with Crippen molar-refractivity contribution in [2.45, 2.75) is 45.6 Å². The number of alkyl halides is 1. The molecule has 0 radical (unpaired) electrons. The quantitative estimate of drug-likeness (QED) is 0.814. The molecule has 0 saturated carbocycles. The highest BCUT2D eigenvalue weighted by atomic mass is 19.1. The molecule has 1 rings (SSSR count). The van der Waals surface area contributed by atoms with Crippen molar-refractivity contribution in [3.63, 3.8) is 0 Å². The molecule has 0 aromatic heterocycles. The fourth-order valence-corrected chi connectivity index (χ4v) is 1.23. The van der Waals surface area contributed by atoms with Crippen molar-refractivity contribution in [2.24, 2.45) is 0 Å². The Balaban J connectivity index is 2.75. The van der Waals surface area contributed by atoms with Gasteiger partial charge in [0.15, 0.2) is 0 Å². The molecule has 0 bridgehead atoms. The lowest BCUT2D eigenvalue weighted by molar-refractivity contribution is -0.0893. The van der Waals surface area contributed by atoms with Gasteiger partial charge in [-0.2, -0.15) is 0 Å². The number of benzene rings is 1. The molecule has 0 spiro atoms. The second-order valence-corrected chi connectivity index (χ2v) is 5.42. The zero-order chi connectivity index (χ0) is 14.0. The first-order valence-corrected chi connectivity index (χ1v) is 5.87. The van der Waals surface area contributed by atoms with Gasteiger partial charge in [0.25, 0.3) is 0 Å². The topological polar surface area (TPSA) is 29.5 Å². The zero-order valence-corrected chi connectivity index (χ0v) is 11.3. The highest BCUT2D eigenvalue weighted by Crippen LogP contribution is 2.24. The molecule has 0 saturated heterocycles. The van der Waals surface area contributed by atoms with Crippen LogP contribution in [0.2, 0.25) is 0 Å². The minimum atomic E-state index is -1.04. The van der Waals surface area contributed by atoms with Gasteiger partial charge in [0.2, 0.25) is 0 Å². The molecule has 0 amide bonds. The Morgan fingerprint density at radius 3 is 2.33 bits per heavy atom. The van der Waals surface area contributed by atoms with Crippen molar-refractivity contribution in [3.8, 4) is 0 Å². The van der Waals surface area contributed by atoms with E-state index in [0.717, 1.165) is 6.07 Å². The molecule has 0 aliphatic carbocycles. The summed E-state index contributed by atoms with van der Waals surface area (Å²) in [5.74, 6) is -0.489. The average molecular weight is 256 g/mol. The molecule has 0 fully saturated rings. The van der Waals surface area contributed by atoms with Crippen molar-refractivity contribution < 1.29 is 18.5 Å². The molecule has 0 heterocycles. The maximum atomic E-state index is 13.6. The minimum absolute atomic E-state index is 0.0371. The zero-order valence-electron chi connectivity index (χ0n) is 11.3. The summed E-state index contributed by atoms with van der Waals surface area (Å²) in [4.78, 5) is 0. The SMILES string of the molecule is CC(C)(O)C(C)(C)OBc1ccc(CF)cc1F. The number of hydrogen-bond acceptors (Lipinski definition) is 2. The van der Waals surface area contributed by atoms with Crippen molar-refractivity contribution >= 4 is 12.9 Å². The van der Waals surface area contributed by atoms with Crippen LogP contribution in [0.4, 0.5) is 8.78 Å². The molecule has 0 aliphatic heterocycles. The number of halogens is 2. The molecule has 0 unspecified atom stereocenters. The molecule has 1 N–H and O–H groups in total. The van der Waals surface area contributed by atoms with Gasteiger partial charge in [-0.15, -0.1) is 0 Å². The normalized spacial score (nSPS) is 12.6. The highest BCUT2D eigenvalue weighted by Gasteiger charge is 2.35. The van der Waals surface area contributed by atoms with Crippen LogP contribution in [0.15, 0.2) is 18.2 Å². The Kier molecular flexibility index (Phi) is 4.51. The van der Waals surface area contributed by atoms with Crippen molar-refractivity contribution in [2.75, 3.05) is 0 Å². The summed E-state index contributed by atoms with van der Waals surface area (Å²) in [5, 5.41) is 9.91. The Bertz CT molecular complexity index is 414. The third-order valence-electron chi connectivity index (χ3n) is 3.33. The van der Waals surface area contributed by atoms with Gasteiger partial charge in [-0.05, 0) is 44.8 Å². The standard InChI is InChI=1S/C13H19BF2O2/c1-12(2,17)13(3,4)18-14-10-6-5-9(8-15)7-11(10)16/h5-7,14,17H,8H2,1-4H3. The van der Waals surface area contributed by atoms with E-state index >= 15 is 0 Å². The van der Waals surface area contributed by atoms with E-state index in [4.69, 9.17) is 4.65 Å². The fourth-order valence-electron chi connectivity index (χ4n) is 1.23. The minimum Gasteiger partial charge on any atom is -0.427 e. The molecular formula is C13H19BF2O2. The lowest BCUT2D eigenvalue weighted by Crippen LogP contribution is -2.49. The molecule has 0 atom stereocenters. The molecule has 100 valence electrons. The summed E-state index contributed by atoms with van der Waals surface area (Å²) in [6.45, 7) is 6.06. The second-order valence-electron chi connectivity index (χ2n) is 5.42. The molecule has 1 aromatic carbocycles. The maximum absolute atomic E-state index is 13.6. The number of aliphatic hydroxyl groups is 1. The van der Waals surface area contributed by atoms with Crippen molar-refractivity contribution in [1.82, 2.24) is 0 Å². The summed E-state index contributed by atoms with van der Waals surface area (Å²) in [6.07, 6.45) is 0. The van der Waals surface area contributed by atoms with Gasteiger partial charge in [0.05, 0.1) is 11.2 Å². The van der Waals surface area contributed by atoms with Gasteiger partial charge in [0.1, 0.15) is 12.5 Å². The summed E-state index contributed by atoms with van der Waals surface area (Å²) < 4.78 is 31.5. The van der Waals surface area contributed by atoms with Crippen LogP contribution in [0.3, 0.4) is 0 Å². The first-order chi connectivity index (χ1) is 8.17. The lowest BCUT2D eigenvalue weighted by Gasteiger charge is -2.37.